The Hall–Kier alpha value is -0.710. The molecule has 2 rings (SSSR count). The second-order valence-electron chi connectivity index (χ2n) is 4.04. The number of carbonyl (C=O) groups is 2. The summed E-state index contributed by atoms with van der Waals surface area (Å²) in [6, 6.07) is 0. The molecule has 2 heterocycles. The molecule has 1 unspecified atom stereocenters. The minimum atomic E-state index is -0.0320. The van der Waals surface area contributed by atoms with Crippen LogP contribution in [0.4, 0.5) is 0 Å². The minimum absolute atomic E-state index is 0.0320. The molecule has 2 saturated heterocycles. The molecule has 0 spiro atoms. The normalized spacial score (nSPS) is 27.7. The van der Waals surface area contributed by atoms with Crippen LogP contribution in [0.2, 0.25) is 0 Å². The Labute approximate surface area is 93.8 Å². The van der Waals surface area contributed by atoms with Crippen molar-refractivity contribution >= 4 is 23.6 Å². The molecule has 1 atom stereocenters. The first-order valence-electron chi connectivity index (χ1n) is 5.42. The van der Waals surface area contributed by atoms with Gasteiger partial charge in [-0.15, -0.1) is 0 Å². The van der Waals surface area contributed by atoms with Crippen molar-refractivity contribution in [2.45, 2.75) is 24.5 Å². The monoisotopic (exact) mass is 228 g/mol. The van der Waals surface area contributed by atoms with Crippen LogP contribution in [-0.2, 0) is 9.59 Å². The van der Waals surface area contributed by atoms with E-state index < -0.39 is 0 Å². The lowest BCUT2D eigenvalue weighted by atomic mass is 10.1. The van der Waals surface area contributed by atoms with Gasteiger partial charge in [-0.25, -0.2) is 0 Å². The molecular formula is C10H16N2O2S. The summed E-state index contributed by atoms with van der Waals surface area (Å²) in [7, 11) is 0. The van der Waals surface area contributed by atoms with Crippen LogP contribution >= 0.6 is 11.8 Å². The summed E-state index contributed by atoms with van der Waals surface area (Å²) in [4.78, 5) is 24.4. The fourth-order valence-corrected chi connectivity index (χ4v) is 3.29. The van der Waals surface area contributed by atoms with Crippen molar-refractivity contribution in [2.75, 3.05) is 25.4 Å². The van der Waals surface area contributed by atoms with E-state index in [0.29, 0.717) is 5.25 Å². The van der Waals surface area contributed by atoms with Gasteiger partial charge in [0.1, 0.15) is 0 Å². The topological polar surface area (TPSA) is 49.4 Å². The van der Waals surface area contributed by atoms with Gasteiger partial charge in [-0.05, 0) is 18.6 Å². The lowest BCUT2D eigenvalue weighted by Gasteiger charge is -2.31. The van der Waals surface area contributed by atoms with Crippen molar-refractivity contribution in [2.24, 2.45) is 0 Å². The van der Waals surface area contributed by atoms with Gasteiger partial charge >= 0.3 is 0 Å². The van der Waals surface area contributed by atoms with Crippen LogP contribution in [0.5, 0.6) is 0 Å². The van der Waals surface area contributed by atoms with Crippen molar-refractivity contribution < 1.29 is 9.59 Å². The third-order valence-electron chi connectivity index (χ3n) is 2.82. The molecule has 0 bridgehead atoms. The smallest absolute Gasteiger partial charge is 0.242 e. The zero-order valence-electron chi connectivity index (χ0n) is 8.70. The van der Waals surface area contributed by atoms with E-state index in [1.54, 1.807) is 4.90 Å². The number of carbonyl (C=O) groups excluding carboxylic acids is 2. The Morgan fingerprint density at radius 3 is 3.00 bits per heavy atom. The van der Waals surface area contributed by atoms with E-state index in [0.717, 1.165) is 6.54 Å². The number of nitrogens with one attached hydrogen (secondary N) is 1. The summed E-state index contributed by atoms with van der Waals surface area (Å²) in [6.45, 7) is 1.17. The second kappa shape index (κ2) is 4.88. The van der Waals surface area contributed by atoms with Crippen LogP contribution < -0.4 is 5.32 Å². The number of hydrogen-bond donors (Lipinski definition) is 1. The Morgan fingerprint density at radius 1 is 1.40 bits per heavy atom. The van der Waals surface area contributed by atoms with Crippen LogP contribution in [0.3, 0.4) is 0 Å². The third kappa shape index (κ3) is 2.87. The molecule has 4 nitrogen and oxygen atoms in total. The summed E-state index contributed by atoms with van der Waals surface area (Å²) in [5.41, 5.74) is 0. The standard InChI is InChI=1S/C10H16N2O2S/c13-9-7-12(10(14)5-11-9)6-8-3-1-2-4-15-8/h8H,1-7H2,(H,11,13). The van der Waals surface area contributed by atoms with Gasteiger partial charge in [0.2, 0.25) is 11.8 Å². The summed E-state index contributed by atoms with van der Waals surface area (Å²) in [5, 5.41) is 3.10. The number of rotatable bonds is 2. The van der Waals surface area contributed by atoms with Crippen LogP contribution in [-0.4, -0.2) is 47.4 Å². The fourth-order valence-electron chi connectivity index (χ4n) is 1.97. The molecule has 0 radical (unpaired) electrons. The summed E-state index contributed by atoms with van der Waals surface area (Å²) in [6.07, 6.45) is 3.72. The van der Waals surface area contributed by atoms with Gasteiger partial charge < -0.3 is 10.2 Å². The van der Waals surface area contributed by atoms with E-state index in [9.17, 15) is 9.59 Å². The van der Waals surface area contributed by atoms with E-state index in [-0.39, 0.29) is 24.9 Å². The molecule has 0 aliphatic carbocycles. The maximum atomic E-state index is 11.5. The number of nitrogens with zero attached hydrogens (tertiary/aromatic N) is 1. The number of amides is 2. The summed E-state index contributed by atoms with van der Waals surface area (Å²) >= 11 is 1.93. The quantitative estimate of drug-likeness (QED) is 0.736. The minimum Gasteiger partial charge on any atom is -0.345 e. The predicted octanol–water partition coefficient (Wildman–Crippen LogP) is 0.230. The summed E-state index contributed by atoms with van der Waals surface area (Å²) in [5.74, 6) is 1.22. The van der Waals surface area contributed by atoms with Gasteiger partial charge in [-0.3, -0.25) is 9.59 Å². The lowest BCUT2D eigenvalue weighted by molar-refractivity contribution is -0.140. The highest BCUT2D eigenvalue weighted by atomic mass is 32.2. The van der Waals surface area contributed by atoms with Gasteiger partial charge in [0.05, 0.1) is 13.1 Å². The van der Waals surface area contributed by atoms with Crippen LogP contribution in [0, 0.1) is 0 Å². The first-order chi connectivity index (χ1) is 7.25. The summed E-state index contributed by atoms with van der Waals surface area (Å²) < 4.78 is 0. The Kier molecular flexibility index (Phi) is 3.51. The van der Waals surface area contributed by atoms with Gasteiger partial charge in [-0.1, -0.05) is 6.42 Å². The average molecular weight is 228 g/mol. The molecule has 0 saturated carbocycles. The van der Waals surface area contributed by atoms with E-state index in [2.05, 4.69) is 5.32 Å². The zero-order valence-corrected chi connectivity index (χ0v) is 9.52. The van der Waals surface area contributed by atoms with Crippen molar-refractivity contribution in [3.8, 4) is 0 Å². The van der Waals surface area contributed by atoms with Gasteiger partial charge in [0.25, 0.3) is 0 Å². The highest BCUT2D eigenvalue weighted by molar-refractivity contribution is 7.99. The first-order valence-corrected chi connectivity index (χ1v) is 6.46. The number of thioether (sulfide) groups is 1. The van der Waals surface area contributed by atoms with Crippen LogP contribution in [0.15, 0.2) is 0 Å². The molecule has 5 heteroatoms. The first kappa shape index (κ1) is 10.8. The molecule has 2 aliphatic rings. The largest absolute Gasteiger partial charge is 0.345 e. The van der Waals surface area contributed by atoms with Crippen LogP contribution in [0.1, 0.15) is 19.3 Å². The van der Waals surface area contributed by atoms with E-state index in [4.69, 9.17) is 0 Å². The molecule has 0 aromatic rings. The molecular weight excluding hydrogens is 212 g/mol. The number of hydrogen-bond acceptors (Lipinski definition) is 3. The maximum Gasteiger partial charge on any atom is 0.242 e. The van der Waals surface area contributed by atoms with Crippen molar-refractivity contribution in [3.63, 3.8) is 0 Å². The SMILES string of the molecule is O=C1CN(CC2CCCCS2)C(=O)CN1. The Balaban J connectivity index is 1.85. The van der Waals surface area contributed by atoms with Crippen molar-refractivity contribution in [1.82, 2.24) is 10.2 Å². The maximum absolute atomic E-state index is 11.5. The van der Waals surface area contributed by atoms with E-state index in [1.165, 1.54) is 25.0 Å². The predicted molar refractivity (Wildman–Crippen MR) is 59.7 cm³/mol. The van der Waals surface area contributed by atoms with Crippen LogP contribution in [0.25, 0.3) is 0 Å². The second-order valence-corrected chi connectivity index (χ2v) is 5.45. The van der Waals surface area contributed by atoms with Gasteiger partial charge in [0.15, 0.2) is 0 Å². The molecule has 0 aromatic heterocycles. The molecule has 15 heavy (non-hydrogen) atoms. The average Bonchev–Trinajstić information content (AvgIpc) is 2.25. The zero-order chi connectivity index (χ0) is 10.7. The highest BCUT2D eigenvalue weighted by Crippen LogP contribution is 2.25. The molecule has 84 valence electrons. The Bertz CT molecular complexity index is 264. The van der Waals surface area contributed by atoms with Crippen molar-refractivity contribution in [1.29, 1.82) is 0 Å². The Morgan fingerprint density at radius 2 is 2.27 bits per heavy atom. The molecule has 2 amide bonds. The molecule has 2 fully saturated rings. The molecule has 2 aliphatic heterocycles. The molecule has 1 N–H and O–H groups in total. The highest BCUT2D eigenvalue weighted by Gasteiger charge is 2.26. The fraction of sp³-hybridized carbons (Fsp3) is 0.800. The van der Waals surface area contributed by atoms with Crippen molar-refractivity contribution in [3.05, 3.63) is 0 Å². The van der Waals surface area contributed by atoms with E-state index in [1.807, 2.05) is 11.8 Å². The van der Waals surface area contributed by atoms with E-state index >= 15 is 0 Å². The van der Waals surface area contributed by atoms with Gasteiger partial charge in [-0.2, -0.15) is 11.8 Å². The molecule has 0 aromatic carbocycles. The van der Waals surface area contributed by atoms with Gasteiger partial charge in [0, 0.05) is 11.8 Å². The number of piperazine rings is 1. The lowest BCUT2D eigenvalue weighted by Crippen LogP contribution is -2.53. The third-order valence-corrected chi connectivity index (χ3v) is 4.20.